The highest BCUT2D eigenvalue weighted by molar-refractivity contribution is 5.87. The summed E-state index contributed by atoms with van der Waals surface area (Å²) >= 11 is 0. The molecule has 0 aromatic carbocycles. The molecule has 1 aliphatic rings. The standard InChI is InChI=1S/C10H15N7/c11-15-10-13-8-7(6-12-16-8)9(14-10)17-4-2-1-3-5-17/h6H,1-5,11H2,(H2,12,13,14,15,16). The number of aromatic amines is 1. The monoisotopic (exact) mass is 233 g/mol. The fraction of sp³-hybridized carbons (Fsp3) is 0.500. The van der Waals surface area contributed by atoms with Crippen LogP contribution in [0, 0.1) is 0 Å². The van der Waals surface area contributed by atoms with E-state index in [1.165, 1.54) is 19.3 Å². The second-order valence-corrected chi connectivity index (χ2v) is 4.20. The van der Waals surface area contributed by atoms with E-state index in [1.807, 2.05) is 0 Å². The molecule has 0 saturated carbocycles. The Morgan fingerprint density at radius 2 is 2.06 bits per heavy atom. The number of nitrogens with zero attached hydrogens (tertiary/aromatic N) is 4. The van der Waals surface area contributed by atoms with Gasteiger partial charge in [-0.3, -0.25) is 10.5 Å². The van der Waals surface area contributed by atoms with Crippen LogP contribution in [0.1, 0.15) is 19.3 Å². The number of rotatable bonds is 2. The molecule has 0 spiro atoms. The Morgan fingerprint density at radius 3 is 2.82 bits per heavy atom. The average molecular weight is 233 g/mol. The number of hydrogen-bond donors (Lipinski definition) is 3. The van der Waals surface area contributed by atoms with Crippen LogP contribution in [0.2, 0.25) is 0 Å². The molecule has 0 atom stereocenters. The van der Waals surface area contributed by atoms with Gasteiger partial charge in [0.05, 0.1) is 11.6 Å². The van der Waals surface area contributed by atoms with E-state index in [2.05, 4.69) is 30.5 Å². The van der Waals surface area contributed by atoms with Gasteiger partial charge in [0, 0.05) is 13.1 Å². The lowest BCUT2D eigenvalue weighted by Crippen LogP contribution is -2.30. The molecular formula is C10H15N7. The molecule has 2 aromatic heterocycles. The number of anilines is 2. The van der Waals surface area contributed by atoms with Gasteiger partial charge in [0.2, 0.25) is 5.95 Å². The van der Waals surface area contributed by atoms with Crippen molar-refractivity contribution in [3.8, 4) is 0 Å². The Morgan fingerprint density at radius 1 is 1.24 bits per heavy atom. The van der Waals surface area contributed by atoms with Crippen molar-refractivity contribution in [2.24, 2.45) is 5.84 Å². The molecule has 17 heavy (non-hydrogen) atoms. The first-order valence-electron chi connectivity index (χ1n) is 5.81. The zero-order valence-corrected chi connectivity index (χ0v) is 9.48. The van der Waals surface area contributed by atoms with Gasteiger partial charge in [-0.15, -0.1) is 0 Å². The highest BCUT2D eigenvalue weighted by Crippen LogP contribution is 2.26. The van der Waals surface area contributed by atoms with Gasteiger partial charge in [0.15, 0.2) is 5.65 Å². The van der Waals surface area contributed by atoms with Crippen LogP contribution < -0.4 is 16.2 Å². The minimum atomic E-state index is 0.419. The van der Waals surface area contributed by atoms with Crippen LogP contribution in [0.4, 0.5) is 11.8 Å². The molecular weight excluding hydrogens is 218 g/mol. The predicted octanol–water partition coefficient (Wildman–Crippen LogP) is 0.629. The van der Waals surface area contributed by atoms with Gasteiger partial charge in [-0.2, -0.15) is 15.1 Å². The van der Waals surface area contributed by atoms with E-state index in [4.69, 9.17) is 5.84 Å². The normalized spacial score (nSPS) is 16.4. The zero-order valence-electron chi connectivity index (χ0n) is 9.48. The molecule has 1 aliphatic heterocycles. The van der Waals surface area contributed by atoms with Crippen molar-refractivity contribution in [3.63, 3.8) is 0 Å². The number of hydrogen-bond acceptors (Lipinski definition) is 6. The summed E-state index contributed by atoms with van der Waals surface area (Å²) in [5, 5.41) is 7.81. The van der Waals surface area contributed by atoms with E-state index < -0.39 is 0 Å². The minimum Gasteiger partial charge on any atom is -0.356 e. The van der Waals surface area contributed by atoms with Crippen molar-refractivity contribution in [1.29, 1.82) is 0 Å². The Labute approximate surface area is 98.4 Å². The number of nitrogens with one attached hydrogen (secondary N) is 2. The van der Waals surface area contributed by atoms with Gasteiger partial charge in [0.25, 0.3) is 0 Å². The summed E-state index contributed by atoms with van der Waals surface area (Å²) in [5.74, 6) is 6.71. The number of piperidine rings is 1. The molecule has 3 rings (SSSR count). The molecule has 0 radical (unpaired) electrons. The van der Waals surface area contributed by atoms with Crippen molar-refractivity contribution in [1.82, 2.24) is 20.2 Å². The second kappa shape index (κ2) is 4.17. The largest absolute Gasteiger partial charge is 0.356 e. The molecule has 0 amide bonds. The molecule has 0 unspecified atom stereocenters. The Balaban J connectivity index is 2.08. The lowest BCUT2D eigenvalue weighted by atomic mass is 10.1. The van der Waals surface area contributed by atoms with Crippen LogP contribution in [0.3, 0.4) is 0 Å². The van der Waals surface area contributed by atoms with Crippen LogP contribution in [-0.2, 0) is 0 Å². The van der Waals surface area contributed by atoms with Crippen molar-refractivity contribution < 1.29 is 0 Å². The lowest BCUT2D eigenvalue weighted by Gasteiger charge is -2.28. The lowest BCUT2D eigenvalue weighted by molar-refractivity contribution is 0.575. The highest BCUT2D eigenvalue weighted by atomic mass is 15.3. The molecule has 1 saturated heterocycles. The summed E-state index contributed by atoms with van der Waals surface area (Å²) in [6.07, 6.45) is 5.46. The van der Waals surface area contributed by atoms with Crippen molar-refractivity contribution in [2.75, 3.05) is 23.4 Å². The third-order valence-electron chi connectivity index (χ3n) is 3.07. The minimum absolute atomic E-state index is 0.419. The molecule has 90 valence electrons. The van der Waals surface area contributed by atoms with Gasteiger partial charge in [0.1, 0.15) is 5.82 Å². The first kappa shape index (κ1) is 10.3. The summed E-state index contributed by atoms with van der Waals surface area (Å²) in [6.45, 7) is 2.06. The number of H-pyrrole nitrogens is 1. The van der Waals surface area contributed by atoms with Gasteiger partial charge in [-0.25, -0.2) is 5.84 Å². The summed E-state index contributed by atoms with van der Waals surface area (Å²) < 4.78 is 0. The van der Waals surface area contributed by atoms with E-state index in [0.717, 1.165) is 24.3 Å². The summed E-state index contributed by atoms with van der Waals surface area (Å²) in [6, 6.07) is 0. The molecule has 0 aliphatic carbocycles. The maximum atomic E-state index is 5.38. The topological polar surface area (TPSA) is 95.7 Å². The first-order valence-corrected chi connectivity index (χ1v) is 5.81. The quantitative estimate of drug-likeness (QED) is 0.520. The highest BCUT2D eigenvalue weighted by Gasteiger charge is 2.17. The van der Waals surface area contributed by atoms with E-state index in [-0.39, 0.29) is 0 Å². The first-order chi connectivity index (χ1) is 8.38. The fourth-order valence-corrected chi connectivity index (χ4v) is 2.23. The van der Waals surface area contributed by atoms with E-state index in [0.29, 0.717) is 11.6 Å². The van der Waals surface area contributed by atoms with Crippen LogP contribution in [-0.4, -0.2) is 33.3 Å². The average Bonchev–Trinajstić information content (AvgIpc) is 2.86. The third-order valence-corrected chi connectivity index (χ3v) is 3.07. The molecule has 7 heteroatoms. The number of nitrogens with two attached hydrogens (primary N) is 1. The SMILES string of the molecule is NNc1nc(N2CCCCC2)c2cn[nH]c2n1. The van der Waals surface area contributed by atoms with Gasteiger partial charge in [-0.1, -0.05) is 0 Å². The predicted molar refractivity (Wildman–Crippen MR) is 65.6 cm³/mol. The van der Waals surface area contributed by atoms with Gasteiger partial charge in [-0.05, 0) is 19.3 Å². The smallest absolute Gasteiger partial charge is 0.241 e. The van der Waals surface area contributed by atoms with Crippen molar-refractivity contribution in [3.05, 3.63) is 6.20 Å². The molecule has 1 fully saturated rings. The number of nitrogen functional groups attached to an aromatic ring is 1. The Hall–Kier alpha value is -1.89. The molecule has 2 aromatic rings. The van der Waals surface area contributed by atoms with Crippen LogP contribution in [0.25, 0.3) is 11.0 Å². The summed E-state index contributed by atoms with van der Waals surface area (Å²) in [7, 11) is 0. The fourth-order valence-electron chi connectivity index (χ4n) is 2.23. The zero-order chi connectivity index (χ0) is 11.7. The summed E-state index contributed by atoms with van der Waals surface area (Å²) in [4.78, 5) is 10.9. The Kier molecular flexibility index (Phi) is 2.52. The Bertz CT molecular complexity index is 514. The van der Waals surface area contributed by atoms with Crippen molar-refractivity contribution >= 4 is 22.8 Å². The number of fused-ring (bicyclic) bond motifs is 1. The van der Waals surface area contributed by atoms with Crippen LogP contribution >= 0.6 is 0 Å². The molecule has 7 nitrogen and oxygen atoms in total. The molecule has 3 heterocycles. The number of aromatic nitrogens is 4. The van der Waals surface area contributed by atoms with E-state index in [1.54, 1.807) is 6.20 Å². The van der Waals surface area contributed by atoms with Crippen LogP contribution in [0.15, 0.2) is 6.20 Å². The van der Waals surface area contributed by atoms with E-state index >= 15 is 0 Å². The van der Waals surface area contributed by atoms with Crippen LogP contribution in [0.5, 0.6) is 0 Å². The number of hydrazine groups is 1. The summed E-state index contributed by atoms with van der Waals surface area (Å²) in [5.41, 5.74) is 3.21. The maximum Gasteiger partial charge on any atom is 0.241 e. The van der Waals surface area contributed by atoms with E-state index in [9.17, 15) is 0 Å². The third kappa shape index (κ3) is 1.78. The molecule has 0 bridgehead atoms. The van der Waals surface area contributed by atoms with Gasteiger partial charge >= 0.3 is 0 Å². The maximum absolute atomic E-state index is 5.38. The second-order valence-electron chi connectivity index (χ2n) is 4.20. The van der Waals surface area contributed by atoms with Crippen molar-refractivity contribution in [2.45, 2.75) is 19.3 Å². The molecule has 4 N–H and O–H groups in total. The van der Waals surface area contributed by atoms with Gasteiger partial charge < -0.3 is 4.90 Å².